The number of rotatable bonds is 5. The Bertz CT molecular complexity index is 993. The van der Waals surface area contributed by atoms with Gasteiger partial charge in [0.05, 0.1) is 22.7 Å². The number of esters is 1. The highest BCUT2D eigenvalue weighted by Crippen LogP contribution is 2.35. The van der Waals surface area contributed by atoms with Gasteiger partial charge in [-0.15, -0.1) is 11.3 Å². The Labute approximate surface area is 157 Å². The molecule has 1 atom stereocenters. The molecule has 3 N–H and O–H groups in total. The van der Waals surface area contributed by atoms with Crippen molar-refractivity contribution in [1.29, 1.82) is 0 Å². The summed E-state index contributed by atoms with van der Waals surface area (Å²) < 4.78 is 4.87. The van der Waals surface area contributed by atoms with E-state index in [9.17, 15) is 24.0 Å². The molecule has 0 aliphatic heterocycles. The normalized spacial score (nSPS) is 15.4. The fourth-order valence-corrected chi connectivity index (χ4v) is 3.71. The fraction of sp³-hybridized carbons (Fsp3) is 0.167. The average molecular weight is 386 g/mol. The van der Waals surface area contributed by atoms with Crippen molar-refractivity contribution in [3.8, 4) is 0 Å². The van der Waals surface area contributed by atoms with Crippen LogP contribution < -0.4 is 11.1 Å². The number of urea groups is 1. The van der Waals surface area contributed by atoms with Crippen LogP contribution in [-0.4, -0.2) is 36.0 Å². The highest BCUT2D eigenvalue weighted by molar-refractivity contribution is 7.16. The molecule has 0 fully saturated rings. The molecule has 0 saturated heterocycles. The largest absolute Gasteiger partial charge is 0.462 e. The van der Waals surface area contributed by atoms with Gasteiger partial charge < -0.3 is 15.8 Å². The second kappa shape index (κ2) is 7.12. The highest BCUT2D eigenvalue weighted by Gasteiger charge is 2.45. The maximum absolute atomic E-state index is 12.8. The Balaban J connectivity index is 1.93. The molecule has 1 unspecified atom stereocenters. The molecule has 3 rings (SSSR count). The first-order valence-electron chi connectivity index (χ1n) is 7.94. The summed E-state index contributed by atoms with van der Waals surface area (Å²) in [4.78, 5) is 61.3. The zero-order valence-electron chi connectivity index (χ0n) is 14.1. The van der Waals surface area contributed by atoms with E-state index in [0.29, 0.717) is 0 Å². The quantitative estimate of drug-likeness (QED) is 0.460. The van der Waals surface area contributed by atoms with E-state index in [4.69, 9.17) is 10.5 Å². The van der Waals surface area contributed by atoms with Crippen LogP contribution in [0.15, 0.2) is 30.3 Å². The average Bonchev–Trinajstić information content (AvgIpc) is 3.19. The van der Waals surface area contributed by atoms with Gasteiger partial charge in [-0.3, -0.25) is 14.4 Å². The van der Waals surface area contributed by atoms with Crippen LogP contribution in [0.1, 0.15) is 47.0 Å². The predicted molar refractivity (Wildman–Crippen MR) is 96.4 cm³/mol. The van der Waals surface area contributed by atoms with Crippen molar-refractivity contribution < 1.29 is 28.7 Å². The van der Waals surface area contributed by atoms with Crippen LogP contribution in [-0.2, 0) is 4.74 Å². The number of hydrogen-bond donors (Lipinski definition) is 2. The number of anilines is 1. The third-order valence-electron chi connectivity index (χ3n) is 3.95. The zero-order chi connectivity index (χ0) is 19.7. The Kier molecular flexibility index (Phi) is 4.87. The lowest BCUT2D eigenvalue weighted by molar-refractivity contribution is 0.0531. The molecule has 0 saturated carbocycles. The number of carbonyl (C=O) groups is 5. The van der Waals surface area contributed by atoms with Crippen LogP contribution in [0.4, 0.5) is 10.5 Å². The van der Waals surface area contributed by atoms with Crippen molar-refractivity contribution in [3.63, 3.8) is 0 Å². The second-order valence-electron chi connectivity index (χ2n) is 5.63. The van der Waals surface area contributed by atoms with Crippen LogP contribution in [0.3, 0.4) is 0 Å². The molecule has 1 heterocycles. The van der Waals surface area contributed by atoms with Gasteiger partial charge >= 0.3 is 12.0 Å². The Morgan fingerprint density at radius 3 is 2.48 bits per heavy atom. The maximum Gasteiger partial charge on any atom is 0.348 e. The smallest absolute Gasteiger partial charge is 0.348 e. The monoisotopic (exact) mass is 386 g/mol. The molecule has 9 heteroatoms. The lowest BCUT2D eigenvalue weighted by Gasteiger charge is -2.06. The van der Waals surface area contributed by atoms with Crippen molar-refractivity contribution in [3.05, 3.63) is 51.2 Å². The third-order valence-corrected chi connectivity index (χ3v) is 5.03. The first kappa shape index (κ1) is 18.5. The summed E-state index contributed by atoms with van der Waals surface area (Å²) >= 11 is 0.855. The molecule has 27 heavy (non-hydrogen) atoms. The molecule has 0 bridgehead atoms. The van der Waals surface area contributed by atoms with Gasteiger partial charge in [-0.1, -0.05) is 12.1 Å². The maximum atomic E-state index is 12.8. The first-order valence-corrected chi connectivity index (χ1v) is 8.75. The number of Topliss-reactive ketones (excluding diaryl/α,β-unsaturated/α-hetero) is 3. The van der Waals surface area contributed by atoms with E-state index in [1.54, 1.807) is 6.92 Å². The Morgan fingerprint density at radius 1 is 1.11 bits per heavy atom. The van der Waals surface area contributed by atoms with Crippen molar-refractivity contribution in [1.82, 2.24) is 0 Å². The summed E-state index contributed by atoms with van der Waals surface area (Å²) in [6.07, 6.45) is 0. The standard InChI is InChI=1S/C18H14N2O6S/c1-2-26-17(24)11-7-6-10(27-11)15(22)13-14(21)8-4-3-5-9(20-18(19)25)12(8)16(13)23/h3-7,13H,2H2,1H3,(H3,19,20,25). The molecular formula is C18H14N2O6S. The van der Waals surface area contributed by atoms with E-state index in [-0.39, 0.29) is 33.2 Å². The minimum atomic E-state index is -1.55. The minimum Gasteiger partial charge on any atom is -0.462 e. The van der Waals surface area contributed by atoms with Gasteiger partial charge in [0.1, 0.15) is 10.8 Å². The van der Waals surface area contributed by atoms with Gasteiger partial charge in [-0.25, -0.2) is 9.59 Å². The van der Waals surface area contributed by atoms with E-state index >= 15 is 0 Å². The van der Waals surface area contributed by atoms with Crippen molar-refractivity contribution in [2.75, 3.05) is 11.9 Å². The Hall–Kier alpha value is -3.33. The topological polar surface area (TPSA) is 133 Å². The molecule has 138 valence electrons. The lowest BCUT2D eigenvalue weighted by Crippen LogP contribution is -2.25. The zero-order valence-corrected chi connectivity index (χ0v) is 14.9. The van der Waals surface area contributed by atoms with E-state index in [1.807, 2.05) is 0 Å². The number of ether oxygens (including phenoxy) is 1. The first-order chi connectivity index (χ1) is 12.8. The SMILES string of the molecule is CCOC(=O)c1ccc(C(=O)C2C(=O)c3cccc(NC(N)=O)c3C2=O)s1. The van der Waals surface area contributed by atoms with Crippen LogP contribution in [0, 0.1) is 5.92 Å². The summed E-state index contributed by atoms with van der Waals surface area (Å²) in [5.74, 6) is -4.20. The van der Waals surface area contributed by atoms with Gasteiger partial charge in [0.15, 0.2) is 17.3 Å². The van der Waals surface area contributed by atoms with Crippen LogP contribution in [0.2, 0.25) is 0 Å². The van der Waals surface area contributed by atoms with E-state index in [0.717, 1.165) is 11.3 Å². The molecule has 2 aromatic rings. The summed E-state index contributed by atoms with van der Waals surface area (Å²) in [6.45, 7) is 1.84. The molecule has 1 aromatic heterocycles. The number of benzene rings is 1. The second-order valence-corrected chi connectivity index (χ2v) is 6.71. The van der Waals surface area contributed by atoms with E-state index in [1.165, 1.54) is 30.3 Å². The van der Waals surface area contributed by atoms with Gasteiger partial charge in [0, 0.05) is 5.56 Å². The van der Waals surface area contributed by atoms with Gasteiger partial charge in [0.2, 0.25) is 0 Å². The number of thiophene rings is 1. The summed E-state index contributed by atoms with van der Waals surface area (Å²) in [6, 6.07) is 6.21. The molecule has 1 aliphatic carbocycles. The number of nitrogens with two attached hydrogens (primary N) is 1. The number of ketones is 3. The highest BCUT2D eigenvalue weighted by atomic mass is 32.1. The molecule has 1 aromatic carbocycles. The molecule has 2 amide bonds. The summed E-state index contributed by atoms with van der Waals surface area (Å²) in [5, 5.41) is 2.28. The number of fused-ring (bicyclic) bond motifs is 1. The number of hydrogen-bond acceptors (Lipinski definition) is 7. The van der Waals surface area contributed by atoms with Crippen molar-refractivity contribution in [2.24, 2.45) is 11.7 Å². The molecular weight excluding hydrogens is 372 g/mol. The number of amides is 2. The van der Waals surface area contributed by atoms with Gasteiger partial charge in [0.25, 0.3) is 0 Å². The molecule has 8 nitrogen and oxygen atoms in total. The van der Waals surface area contributed by atoms with E-state index < -0.39 is 35.3 Å². The van der Waals surface area contributed by atoms with Gasteiger partial charge in [-0.05, 0) is 25.1 Å². The number of carbonyl (C=O) groups excluding carboxylic acids is 5. The molecule has 1 aliphatic rings. The summed E-state index contributed by atoms with van der Waals surface area (Å²) in [7, 11) is 0. The number of primary amides is 1. The van der Waals surface area contributed by atoms with E-state index in [2.05, 4.69) is 5.32 Å². The van der Waals surface area contributed by atoms with Crippen LogP contribution in [0.5, 0.6) is 0 Å². The number of nitrogens with one attached hydrogen (secondary N) is 1. The predicted octanol–water partition coefficient (Wildman–Crippen LogP) is 2.29. The van der Waals surface area contributed by atoms with Gasteiger partial charge in [-0.2, -0.15) is 0 Å². The minimum absolute atomic E-state index is 0.0400. The Morgan fingerprint density at radius 2 is 1.81 bits per heavy atom. The molecule has 0 spiro atoms. The van der Waals surface area contributed by atoms with Crippen molar-refractivity contribution in [2.45, 2.75) is 6.92 Å². The summed E-state index contributed by atoms with van der Waals surface area (Å²) in [5.41, 5.74) is 5.17. The third kappa shape index (κ3) is 3.24. The van der Waals surface area contributed by atoms with Crippen LogP contribution in [0.25, 0.3) is 0 Å². The lowest BCUT2D eigenvalue weighted by atomic mass is 9.97. The van der Waals surface area contributed by atoms with Crippen LogP contribution >= 0.6 is 11.3 Å². The molecule has 0 radical (unpaired) electrons. The van der Waals surface area contributed by atoms with Crippen molar-refractivity contribution >= 4 is 46.4 Å². The fourth-order valence-electron chi connectivity index (χ4n) is 2.84.